The number of fused-ring (bicyclic) bond motifs is 1. The Morgan fingerprint density at radius 2 is 1.80 bits per heavy atom. The van der Waals surface area contributed by atoms with Crippen molar-refractivity contribution in [3.05, 3.63) is 65.4 Å². The maximum atomic E-state index is 12.6. The van der Waals surface area contributed by atoms with Gasteiger partial charge in [0.05, 0.1) is 18.3 Å². The van der Waals surface area contributed by atoms with E-state index in [-0.39, 0.29) is 5.78 Å². The van der Waals surface area contributed by atoms with Crippen molar-refractivity contribution < 1.29 is 9.53 Å². The van der Waals surface area contributed by atoms with E-state index in [9.17, 15) is 4.79 Å². The second kappa shape index (κ2) is 4.85. The third kappa shape index (κ3) is 1.88. The fraction of sp³-hybridized carbons (Fsp3) is 0.118. The number of rotatable bonds is 3. The summed E-state index contributed by atoms with van der Waals surface area (Å²) in [5.74, 6) is 0.749. The normalized spacial score (nSPS) is 10.7. The number of para-hydroxylation sites is 1. The number of aromatic nitrogens is 1. The van der Waals surface area contributed by atoms with Crippen LogP contribution in [0.4, 0.5) is 0 Å². The molecule has 20 heavy (non-hydrogen) atoms. The van der Waals surface area contributed by atoms with Gasteiger partial charge in [-0.25, -0.2) is 0 Å². The monoisotopic (exact) mass is 265 g/mol. The topological polar surface area (TPSA) is 42.1 Å². The van der Waals surface area contributed by atoms with E-state index >= 15 is 0 Å². The van der Waals surface area contributed by atoms with Crippen LogP contribution in [0.2, 0.25) is 0 Å². The molecule has 3 heteroatoms. The molecular formula is C17H15NO2. The maximum Gasteiger partial charge on any atom is 0.209 e. The Bertz CT molecular complexity index is 772. The number of aromatic amines is 1. The van der Waals surface area contributed by atoms with E-state index in [4.69, 9.17) is 4.74 Å². The SMILES string of the molecule is COc1cccc2c(C)c(C(=O)c3ccccc3)[nH]c12. The van der Waals surface area contributed by atoms with Crippen molar-refractivity contribution in [1.29, 1.82) is 0 Å². The minimum Gasteiger partial charge on any atom is -0.495 e. The van der Waals surface area contributed by atoms with Crippen LogP contribution in [0, 0.1) is 6.92 Å². The predicted molar refractivity (Wildman–Crippen MR) is 79.5 cm³/mol. The first-order valence-electron chi connectivity index (χ1n) is 6.47. The van der Waals surface area contributed by atoms with Crippen LogP contribution in [0.3, 0.4) is 0 Å². The molecule has 0 unspecified atom stereocenters. The average Bonchev–Trinajstić information content (AvgIpc) is 2.85. The van der Waals surface area contributed by atoms with Crippen molar-refractivity contribution in [1.82, 2.24) is 4.98 Å². The quantitative estimate of drug-likeness (QED) is 0.733. The Morgan fingerprint density at radius 1 is 1.05 bits per heavy atom. The van der Waals surface area contributed by atoms with E-state index in [0.29, 0.717) is 11.3 Å². The fourth-order valence-corrected chi connectivity index (χ4v) is 2.46. The van der Waals surface area contributed by atoms with Crippen LogP contribution in [0.5, 0.6) is 5.75 Å². The highest BCUT2D eigenvalue weighted by Gasteiger charge is 2.17. The lowest BCUT2D eigenvalue weighted by Gasteiger charge is -2.00. The molecule has 0 atom stereocenters. The highest BCUT2D eigenvalue weighted by atomic mass is 16.5. The van der Waals surface area contributed by atoms with E-state index in [1.54, 1.807) is 7.11 Å². The summed E-state index contributed by atoms with van der Waals surface area (Å²) in [6.45, 7) is 1.95. The zero-order valence-corrected chi connectivity index (χ0v) is 11.4. The van der Waals surface area contributed by atoms with E-state index in [1.807, 2.05) is 55.5 Å². The van der Waals surface area contributed by atoms with Gasteiger partial charge in [0.1, 0.15) is 5.75 Å². The first kappa shape index (κ1) is 12.5. The zero-order valence-electron chi connectivity index (χ0n) is 11.4. The first-order valence-corrected chi connectivity index (χ1v) is 6.47. The highest BCUT2D eigenvalue weighted by molar-refractivity contribution is 6.12. The molecule has 0 aliphatic heterocycles. The lowest BCUT2D eigenvalue weighted by Crippen LogP contribution is -2.03. The van der Waals surface area contributed by atoms with E-state index < -0.39 is 0 Å². The molecule has 0 spiro atoms. The van der Waals surface area contributed by atoms with Gasteiger partial charge in [-0.2, -0.15) is 0 Å². The van der Waals surface area contributed by atoms with Crippen LogP contribution >= 0.6 is 0 Å². The minimum atomic E-state index is 0.00125. The van der Waals surface area contributed by atoms with Gasteiger partial charge in [-0.3, -0.25) is 4.79 Å². The van der Waals surface area contributed by atoms with Crippen LogP contribution in [0.15, 0.2) is 48.5 Å². The molecule has 0 amide bonds. The third-order valence-corrected chi connectivity index (χ3v) is 3.54. The number of ketones is 1. The molecule has 0 saturated carbocycles. The summed E-state index contributed by atoms with van der Waals surface area (Å²) < 4.78 is 5.34. The van der Waals surface area contributed by atoms with Crippen molar-refractivity contribution in [2.45, 2.75) is 6.92 Å². The van der Waals surface area contributed by atoms with Gasteiger partial charge in [0.2, 0.25) is 5.78 Å². The summed E-state index contributed by atoms with van der Waals surface area (Å²) in [7, 11) is 1.63. The first-order chi connectivity index (χ1) is 9.72. The number of hydrogen-bond donors (Lipinski definition) is 1. The van der Waals surface area contributed by atoms with Crippen molar-refractivity contribution in [3.8, 4) is 5.75 Å². The Morgan fingerprint density at radius 3 is 2.50 bits per heavy atom. The summed E-state index contributed by atoms with van der Waals surface area (Å²) >= 11 is 0. The van der Waals surface area contributed by atoms with E-state index in [2.05, 4.69) is 4.98 Å². The van der Waals surface area contributed by atoms with Crippen LogP contribution in [-0.4, -0.2) is 17.9 Å². The molecule has 3 aromatic rings. The van der Waals surface area contributed by atoms with Gasteiger partial charge < -0.3 is 9.72 Å². The Labute approximate surface area is 117 Å². The Hall–Kier alpha value is -2.55. The summed E-state index contributed by atoms with van der Waals surface area (Å²) in [5, 5.41) is 1.02. The Kier molecular flexibility index (Phi) is 3.03. The largest absolute Gasteiger partial charge is 0.495 e. The predicted octanol–water partition coefficient (Wildman–Crippen LogP) is 3.72. The lowest BCUT2D eigenvalue weighted by atomic mass is 10.0. The Balaban J connectivity index is 2.18. The molecule has 1 aromatic heterocycles. The van der Waals surface area contributed by atoms with Crippen molar-refractivity contribution in [2.75, 3.05) is 7.11 Å². The van der Waals surface area contributed by atoms with E-state index in [0.717, 1.165) is 22.2 Å². The molecule has 0 bridgehead atoms. The van der Waals surface area contributed by atoms with Gasteiger partial charge in [-0.15, -0.1) is 0 Å². The lowest BCUT2D eigenvalue weighted by molar-refractivity contribution is 0.103. The fourth-order valence-electron chi connectivity index (χ4n) is 2.46. The third-order valence-electron chi connectivity index (χ3n) is 3.54. The number of H-pyrrole nitrogens is 1. The van der Waals surface area contributed by atoms with Crippen LogP contribution < -0.4 is 4.74 Å². The average molecular weight is 265 g/mol. The highest BCUT2D eigenvalue weighted by Crippen LogP contribution is 2.30. The second-order valence-electron chi connectivity index (χ2n) is 4.70. The second-order valence-corrected chi connectivity index (χ2v) is 4.70. The molecule has 0 aliphatic carbocycles. The van der Waals surface area contributed by atoms with Crippen LogP contribution in [0.1, 0.15) is 21.6 Å². The standard InChI is InChI=1S/C17H15NO2/c1-11-13-9-6-10-14(20-2)16(13)18-15(11)17(19)12-7-4-3-5-8-12/h3-10,18H,1-2H3. The van der Waals surface area contributed by atoms with Crippen molar-refractivity contribution in [2.24, 2.45) is 0 Å². The maximum absolute atomic E-state index is 12.6. The number of benzene rings is 2. The summed E-state index contributed by atoms with van der Waals surface area (Å²) in [6.07, 6.45) is 0. The number of carbonyl (C=O) groups is 1. The number of ether oxygens (including phenoxy) is 1. The molecule has 3 nitrogen and oxygen atoms in total. The van der Waals surface area contributed by atoms with Gasteiger partial charge in [0, 0.05) is 10.9 Å². The number of aryl methyl sites for hydroxylation is 1. The smallest absolute Gasteiger partial charge is 0.209 e. The summed E-state index contributed by atoms with van der Waals surface area (Å²) in [4.78, 5) is 15.8. The molecule has 0 saturated heterocycles. The zero-order chi connectivity index (χ0) is 14.1. The molecule has 2 aromatic carbocycles. The van der Waals surface area contributed by atoms with Crippen molar-refractivity contribution >= 4 is 16.7 Å². The number of carbonyl (C=O) groups excluding carboxylic acids is 1. The van der Waals surface area contributed by atoms with Gasteiger partial charge in [0.15, 0.2) is 0 Å². The van der Waals surface area contributed by atoms with Crippen LogP contribution in [-0.2, 0) is 0 Å². The molecule has 100 valence electrons. The van der Waals surface area contributed by atoms with E-state index in [1.165, 1.54) is 0 Å². The molecule has 1 heterocycles. The van der Waals surface area contributed by atoms with Crippen LogP contribution in [0.25, 0.3) is 10.9 Å². The summed E-state index contributed by atoms with van der Waals surface area (Å²) in [6, 6.07) is 15.1. The summed E-state index contributed by atoms with van der Waals surface area (Å²) in [5.41, 5.74) is 3.12. The van der Waals surface area contributed by atoms with Gasteiger partial charge in [-0.1, -0.05) is 42.5 Å². The number of hydrogen-bond acceptors (Lipinski definition) is 2. The van der Waals surface area contributed by atoms with Gasteiger partial charge in [-0.05, 0) is 18.6 Å². The molecule has 3 rings (SSSR count). The number of methoxy groups -OCH3 is 1. The number of nitrogens with one attached hydrogen (secondary N) is 1. The molecule has 1 N–H and O–H groups in total. The molecular weight excluding hydrogens is 250 g/mol. The minimum absolute atomic E-state index is 0.00125. The molecule has 0 aliphatic rings. The molecule has 0 fully saturated rings. The van der Waals surface area contributed by atoms with Gasteiger partial charge in [0.25, 0.3) is 0 Å². The molecule has 0 radical (unpaired) electrons. The van der Waals surface area contributed by atoms with Gasteiger partial charge >= 0.3 is 0 Å². The van der Waals surface area contributed by atoms with Crippen molar-refractivity contribution in [3.63, 3.8) is 0 Å².